The van der Waals surface area contributed by atoms with Crippen LogP contribution < -0.4 is 10.6 Å². The van der Waals surface area contributed by atoms with E-state index < -0.39 is 0 Å². The van der Waals surface area contributed by atoms with Gasteiger partial charge in [0.2, 0.25) is 5.91 Å². The van der Waals surface area contributed by atoms with Crippen molar-refractivity contribution in [2.24, 2.45) is 11.8 Å². The largest absolute Gasteiger partial charge is 0.355 e. The Morgan fingerprint density at radius 1 is 1.35 bits per heavy atom. The van der Waals surface area contributed by atoms with Gasteiger partial charge in [-0.1, -0.05) is 13.3 Å². The molecule has 0 aromatic heterocycles. The van der Waals surface area contributed by atoms with E-state index in [4.69, 9.17) is 0 Å². The van der Waals surface area contributed by atoms with Gasteiger partial charge in [0.15, 0.2) is 0 Å². The number of amides is 1. The number of hydrogen-bond acceptors (Lipinski definition) is 3. The lowest BCUT2D eigenvalue weighted by molar-refractivity contribution is -0.125. The van der Waals surface area contributed by atoms with E-state index in [1.54, 1.807) is 0 Å². The molecule has 0 radical (unpaired) electrons. The lowest BCUT2D eigenvalue weighted by Crippen LogP contribution is -2.46. The van der Waals surface area contributed by atoms with Crippen LogP contribution in [0.15, 0.2) is 0 Å². The minimum Gasteiger partial charge on any atom is -0.355 e. The van der Waals surface area contributed by atoms with Crippen molar-refractivity contribution in [2.75, 3.05) is 39.3 Å². The van der Waals surface area contributed by atoms with Gasteiger partial charge in [0, 0.05) is 45.2 Å². The van der Waals surface area contributed by atoms with Crippen LogP contribution in [0.25, 0.3) is 0 Å². The second kappa shape index (κ2) is 6.36. The van der Waals surface area contributed by atoms with Gasteiger partial charge >= 0.3 is 0 Å². The zero-order chi connectivity index (χ0) is 12.1. The normalized spacial score (nSPS) is 30.4. The fourth-order valence-corrected chi connectivity index (χ4v) is 2.94. The molecule has 1 aliphatic heterocycles. The van der Waals surface area contributed by atoms with Crippen LogP contribution in [0.3, 0.4) is 0 Å². The third kappa shape index (κ3) is 3.68. The summed E-state index contributed by atoms with van der Waals surface area (Å²) >= 11 is 0. The Bertz CT molecular complexity index is 251. The van der Waals surface area contributed by atoms with E-state index in [1.807, 2.05) is 0 Å². The van der Waals surface area contributed by atoms with Gasteiger partial charge in [0.25, 0.3) is 0 Å². The molecule has 98 valence electrons. The molecule has 4 heteroatoms. The predicted molar refractivity (Wildman–Crippen MR) is 68.8 cm³/mol. The first-order valence-corrected chi connectivity index (χ1v) is 6.98. The van der Waals surface area contributed by atoms with E-state index in [-0.39, 0.29) is 11.8 Å². The molecule has 2 unspecified atom stereocenters. The van der Waals surface area contributed by atoms with E-state index in [0.29, 0.717) is 5.92 Å². The topological polar surface area (TPSA) is 44.4 Å². The third-order valence-corrected chi connectivity index (χ3v) is 4.14. The molecule has 1 saturated carbocycles. The summed E-state index contributed by atoms with van der Waals surface area (Å²) in [6, 6.07) is 0. The van der Waals surface area contributed by atoms with Crippen LogP contribution >= 0.6 is 0 Å². The zero-order valence-corrected chi connectivity index (χ0v) is 10.9. The molecule has 0 aromatic carbocycles. The van der Waals surface area contributed by atoms with E-state index in [0.717, 1.165) is 45.7 Å². The molecule has 1 amide bonds. The lowest BCUT2D eigenvalue weighted by Gasteiger charge is -2.27. The maximum atomic E-state index is 12.0. The SMILES string of the molecule is CC1CCCC1C(=O)NCCN1CCNCC1. The summed E-state index contributed by atoms with van der Waals surface area (Å²) in [7, 11) is 0. The highest BCUT2D eigenvalue weighted by Gasteiger charge is 2.29. The van der Waals surface area contributed by atoms with Gasteiger partial charge in [0.1, 0.15) is 0 Å². The quantitative estimate of drug-likeness (QED) is 0.748. The average Bonchev–Trinajstić information content (AvgIpc) is 2.77. The van der Waals surface area contributed by atoms with Crippen molar-refractivity contribution in [1.29, 1.82) is 0 Å². The van der Waals surface area contributed by atoms with Crippen molar-refractivity contribution in [3.8, 4) is 0 Å². The lowest BCUT2D eigenvalue weighted by atomic mass is 9.97. The van der Waals surface area contributed by atoms with Gasteiger partial charge in [-0.25, -0.2) is 0 Å². The first-order valence-electron chi connectivity index (χ1n) is 6.98. The maximum Gasteiger partial charge on any atom is 0.223 e. The van der Waals surface area contributed by atoms with Gasteiger partial charge < -0.3 is 10.6 Å². The van der Waals surface area contributed by atoms with E-state index in [2.05, 4.69) is 22.5 Å². The van der Waals surface area contributed by atoms with Crippen LogP contribution in [0.4, 0.5) is 0 Å². The Balaban J connectivity index is 1.62. The van der Waals surface area contributed by atoms with Gasteiger partial charge in [-0.2, -0.15) is 0 Å². The van der Waals surface area contributed by atoms with E-state index in [1.165, 1.54) is 12.8 Å². The van der Waals surface area contributed by atoms with Gasteiger partial charge in [-0.05, 0) is 18.8 Å². The number of piperazine rings is 1. The molecule has 1 saturated heterocycles. The van der Waals surface area contributed by atoms with E-state index in [9.17, 15) is 4.79 Å². The van der Waals surface area contributed by atoms with Crippen LogP contribution in [-0.4, -0.2) is 50.1 Å². The average molecular weight is 239 g/mol. The van der Waals surface area contributed by atoms with Crippen molar-refractivity contribution in [3.05, 3.63) is 0 Å². The molecule has 2 fully saturated rings. The molecule has 0 aromatic rings. The molecule has 2 rings (SSSR count). The fourth-order valence-electron chi connectivity index (χ4n) is 2.94. The van der Waals surface area contributed by atoms with Crippen LogP contribution in [0.5, 0.6) is 0 Å². The fraction of sp³-hybridized carbons (Fsp3) is 0.923. The minimum absolute atomic E-state index is 0.276. The molecular weight excluding hydrogens is 214 g/mol. The summed E-state index contributed by atoms with van der Waals surface area (Å²) in [5, 5.41) is 6.44. The van der Waals surface area contributed by atoms with Crippen molar-refractivity contribution in [3.63, 3.8) is 0 Å². The molecular formula is C13H25N3O. The Kier molecular flexibility index (Phi) is 4.80. The van der Waals surface area contributed by atoms with Gasteiger partial charge in [-0.3, -0.25) is 9.69 Å². The molecule has 2 N–H and O–H groups in total. The molecule has 4 nitrogen and oxygen atoms in total. The summed E-state index contributed by atoms with van der Waals surface area (Å²) in [4.78, 5) is 14.4. The Hall–Kier alpha value is -0.610. The molecule has 0 bridgehead atoms. The van der Waals surface area contributed by atoms with Crippen LogP contribution in [0.2, 0.25) is 0 Å². The smallest absolute Gasteiger partial charge is 0.223 e. The highest BCUT2D eigenvalue weighted by Crippen LogP contribution is 2.30. The molecule has 1 aliphatic carbocycles. The van der Waals surface area contributed by atoms with Crippen LogP contribution in [0, 0.1) is 11.8 Å². The molecule has 2 atom stereocenters. The van der Waals surface area contributed by atoms with Crippen molar-refractivity contribution in [2.45, 2.75) is 26.2 Å². The third-order valence-electron chi connectivity index (χ3n) is 4.14. The summed E-state index contributed by atoms with van der Waals surface area (Å²) in [5.41, 5.74) is 0. The van der Waals surface area contributed by atoms with Crippen molar-refractivity contribution >= 4 is 5.91 Å². The Labute approximate surface area is 104 Å². The molecule has 17 heavy (non-hydrogen) atoms. The molecule has 2 aliphatic rings. The molecule has 0 spiro atoms. The first kappa shape index (κ1) is 12.8. The molecule has 1 heterocycles. The highest BCUT2D eigenvalue weighted by molar-refractivity contribution is 5.79. The number of hydrogen-bond donors (Lipinski definition) is 2. The second-order valence-electron chi connectivity index (χ2n) is 5.40. The first-order chi connectivity index (χ1) is 8.27. The number of carbonyl (C=O) groups is 1. The van der Waals surface area contributed by atoms with E-state index >= 15 is 0 Å². The zero-order valence-electron chi connectivity index (χ0n) is 10.9. The van der Waals surface area contributed by atoms with Crippen molar-refractivity contribution in [1.82, 2.24) is 15.5 Å². The van der Waals surface area contributed by atoms with Gasteiger partial charge in [-0.15, -0.1) is 0 Å². The summed E-state index contributed by atoms with van der Waals surface area (Å²) in [6.45, 7) is 8.37. The summed E-state index contributed by atoms with van der Waals surface area (Å²) < 4.78 is 0. The number of rotatable bonds is 4. The standard InChI is InChI=1S/C13H25N3O/c1-11-3-2-4-12(11)13(17)15-7-10-16-8-5-14-6-9-16/h11-12,14H,2-10H2,1H3,(H,15,17). The van der Waals surface area contributed by atoms with Crippen LogP contribution in [0.1, 0.15) is 26.2 Å². The van der Waals surface area contributed by atoms with Crippen LogP contribution in [-0.2, 0) is 4.79 Å². The maximum absolute atomic E-state index is 12.0. The van der Waals surface area contributed by atoms with Crippen molar-refractivity contribution < 1.29 is 4.79 Å². The van der Waals surface area contributed by atoms with Gasteiger partial charge in [0.05, 0.1) is 0 Å². The Morgan fingerprint density at radius 3 is 2.76 bits per heavy atom. The summed E-state index contributed by atoms with van der Waals surface area (Å²) in [6.07, 6.45) is 3.52. The second-order valence-corrected chi connectivity index (χ2v) is 5.40. The predicted octanol–water partition coefficient (Wildman–Crippen LogP) is 0.444. The minimum atomic E-state index is 0.276. The highest BCUT2D eigenvalue weighted by atomic mass is 16.1. The number of nitrogens with zero attached hydrogens (tertiary/aromatic N) is 1. The summed E-state index contributed by atoms with van der Waals surface area (Å²) in [5.74, 6) is 1.14. The number of carbonyl (C=O) groups excluding carboxylic acids is 1. The monoisotopic (exact) mass is 239 g/mol. The number of nitrogens with one attached hydrogen (secondary N) is 2. The Morgan fingerprint density at radius 2 is 2.12 bits per heavy atom.